The van der Waals surface area contributed by atoms with Crippen molar-refractivity contribution in [2.24, 2.45) is 11.7 Å². The van der Waals surface area contributed by atoms with Gasteiger partial charge >= 0.3 is 0 Å². The van der Waals surface area contributed by atoms with Crippen LogP contribution in [0.5, 0.6) is 0 Å². The molecule has 1 fully saturated rings. The summed E-state index contributed by atoms with van der Waals surface area (Å²) in [6.07, 6.45) is 4.56. The highest BCUT2D eigenvalue weighted by atomic mass is 35.5. The molecular formula is C15H19ClN6S. The van der Waals surface area contributed by atoms with E-state index in [0.29, 0.717) is 16.8 Å². The molecule has 3 heterocycles. The summed E-state index contributed by atoms with van der Waals surface area (Å²) in [6.45, 7) is 4.60. The Labute approximate surface area is 144 Å². The first kappa shape index (κ1) is 16.3. The number of halogens is 1. The third-order valence-corrected chi connectivity index (χ3v) is 5.58. The Kier molecular flexibility index (Phi) is 4.89. The maximum Gasteiger partial charge on any atom is 0.147 e. The van der Waals surface area contributed by atoms with Crippen LogP contribution in [-0.4, -0.2) is 34.6 Å². The van der Waals surface area contributed by atoms with Gasteiger partial charge in [-0.05, 0) is 31.9 Å². The molecule has 4 N–H and O–H groups in total. The number of aromatic nitrogens is 3. The smallest absolute Gasteiger partial charge is 0.147 e. The van der Waals surface area contributed by atoms with Crippen LogP contribution in [-0.2, 0) is 0 Å². The number of hydrogen-bond donors (Lipinski definition) is 2. The highest BCUT2D eigenvalue weighted by Crippen LogP contribution is 2.35. The molecule has 2 aromatic heterocycles. The maximum absolute atomic E-state index is 6.19. The molecule has 0 spiro atoms. The fourth-order valence-electron chi connectivity index (χ4n) is 2.57. The first-order valence-electron chi connectivity index (χ1n) is 7.45. The molecule has 6 nitrogen and oxygen atoms in total. The molecule has 1 saturated heterocycles. The minimum atomic E-state index is 0.323. The summed E-state index contributed by atoms with van der Waals surface area (Å²) in [5, 5.41) is 1.27. The van der Waals surface area contributed by atoms with E-state index >= 15 is 0 Å². The highest BCUT2D eigenvalue weighted by Gasteiger charge is 2.23. The van der Waals surface area contributed by atoms with Gasteiger partial charge in [0.15, 0.2) is 0 Å². The van der Waals surface area contributed by atoms with Crippen molar-refractivity contribution in [3.8, 4) is 0 Å². The third kappa shape index (κ3) is 3.52. The molecule has 0 saturated carbocycles. The van der Waals surface area contributed by atoms with E-state index < -0.39 is 0 Å². The lowest BCUT2D eigenvalue weighted by Gasteiger charge is -2.18. The van der Waals surface area contributed by atoms with Gasteiger partial charge in [-0.2, -0.15) is 0 Å². The van der Waals surface area contributed by atoms with Crippen LogP contribution in [0.15, 0.2) is 28.4 Å². The Balaban J connectivity index is 1.79. The van der Waals surface area contributed by atoms with Crippen molar-refractivity contribution in [2.45, 2.75) is 23.3 Å². The van der Waals surface area contributed by atoms with E-state index in [1.807, 2.05) is 19.2 Å². The van der Waals surface area contributed by atoms with Crippen molar-refractivity contribution >= 4 is 35.0 Å². The molecule has 0 aliphatic carbocycles. The fraction of sp³-hybridized carbons (Fsp3) is 0.400. The Hall–Kier alpha value is -1.57. The van der Waals surface area contributed by atoms with Gasteiger partial charge in [-0.25, -0.2) is 15.0 Å². The van der Waals surface area contributed by atoms with Crippen molar-refractivity contribution in [1.29, 1.82) is 0 Å². The summed E-state index contributed by atoms with van der Waals surface area (Å²) in [5.74, 6) is 1.77. The van der Waals surface area contributed by atoms with Gasteiger partial charge in [0.05, 0.1) is 16.9 Å². The molecule has 0 aromatic carbocycles. The van der Waals surface area contributed by atoms with Crippen LogP contribution < -0.4 is 16.4 Å². The zero-order valence-electron chi connectivity index (χ0n) is 12.9. The Morgan fingerprint density at radius 2 is 2.26 bits per heavy atom. The maximum atomic E-state index is 6.19. The second kappa shape index (κ2) is 6.90. The lowest BCUT2D eigenvalue weighted by molar-refractivity contribution is 0.602. The van der Waals surface area contributed by atoms with Crippen LogP contribution in [0.1, 0.15) is 12.1 Å². The topological polar surface area (TPSA) is 94.0 Å². The molecule has 1 aliphatic heterocycles. The quantitative estimate of drug-likeness (QED) is 0.873. The normalized spacial score (nSPS) is 17.7. The standard InChI is InChI=1S/C15H19ClN6S/c1-9-15(23-11-2-4-19-14(18)13(11)16)20-7-12(21-9)22-5-3-10(6-17)8-22/h2,4,7,10H,3,5-6,8,17H2,1H3,(H2,18,19)/t10-/m0/s1. The first-order chi connectivity index (χ1) is 11.1. The van der Waals surface area contributed by atoms with E-state index in [0.717, 1.165) is 47.5 Å². The van der Waals surface area contributed by atoms with Crippen LogP contribution in [0.4, 0.5) is 11.6 Å². The Bertz CT molecular complexity index is 710. The summed E-state index contributed by atoms with van der Waals surface area (Å²) in [4.78, 5) is 16.3. The van der Waals surface area contributed by atoms with Gasteiger partial charge in [0, 0.05) is 24.2 Å². The number of nitrogen functional groups attached to an aromatic ring is 1. The summed E-state index contributed by atoms with van der Waals surface area (Å²) < 4.78 is 0. The van der Waals surface area contributed by atoms with Crippen molar-refractivity contribution in [3.63, 3.8) is 0 Å². The molecule has 0 unspecified atom stereocenters. The fourth-order valence-corrected chi connectivity index (χ4v) is 3.63. The molecular weight excluding hydrogens is 332 g/mol. The predicted molar refractivity (Wildman–Crippen MR) is 93.9 cm³/mol. The molecule has 1 atom stereocenters. The SMILES string of the molecule is Cc1nc(N2CC[C@@H](CN)C2)cnc1Sc1ccnc(N)c1Cl. The van der Waals surface area contributed by atoms with E-state index in [1.54, 1.807) is 6.20 Å². The molecule has 3 rings (SSSR count). The van der Waals surface area contributed by atoms with Crippen molar-refractivity contribution < 1.29 is 0 Å². The molecule has 122 valence electrons. The number of hydrogen-bond acceptors (Lipinski definition) is 7. The van der Waals surface area contributed by atoms with E-state index in [-0.39, 0.29) is 0 Å². The number of nitrogens with zero attached hydrogens (tertiary/aromatic N) is 4. The van der Waals surface area contributed by atoms with Crippen LogP contribution in [0.25, 0.3) is 0 Å². The van der Waals surface area contributed by atoms with Gasteiger partial charge in [-0.3, -0.25) is 0 Å². The highest BCUT2D eigenvalue weighted by molar-refractivity contribution is 7.99. The summed E-state index contributed by atoms with van der Waals surface area (Å²) in [7, 11) is 0. The minimum Gasteiger partial charge on any atom is -0.382 e. The summed E-state index contributed by atoms with van der Waals surface area (Å²) >= 11 is 7.63. The van der Waals surface area contributed by atoms with Gasteiger partial charge in [-0.1, -0.05) is 23.4 Å². The minimum absolute atomic E-state index is 0.323. The zero-order valence-corrected chi connectivity index (χ0v) is 14.4. The van der Waals surface area contributed by atoms with Crippen LogP contribution in [0.2, 0.25) is 5.02 Å². The van der Waals surface area contributed by atoms with Gasteiger partial charge in [0.1, 0.15) is 16.7 Å². The summed E-state index contributed by atoms with van der Waals surface area (Å²) in [5.41, 5.74) is 12.4. The number of anilines is 2. The third-order valence-electron chi connectivity index (χ3n) is 3.92. The molecule has 2 aromatic rings. The second-order valence-corrected chi connectivity index (χ2v) is 6.97. The predicted octanol–water partition coefficient (Wildman–Crippen LogP) is 2.35. The van der Waals surface area contributed by atoms with E-state index in [1.165, 1.54) is 11.8 Å². The molecule has 0 radical (unpaired) electrons. The number of pyridine rings is 1. The Morgan fingerprint density at radius 3 is 2.96 bits per heavy atom. The number of nitrogens with two attached hydrogens (primary N) is 2. The van der Waals surface area contributed by atoms with E-state index in [4.69, 9.17) is 23.1 Å². The molecule has 0 bridgehead atoms. The molecule has 0 amide bonds. The number of aryl methyl sites for hydroxylation is 1. The second-order valence-electron chi connectivity index (χ2n) is 5.57. The average Bonchev–Trinajstić information content (AvgIpc) is 3.02. The lowest BCUT2D eigenvalue weighted by Crippen LogP contribution is -2.23. The number of rotatable bonds is 4. The monoisotopic (exact) mass is 350 g/mol. The van der Waals surface area contributed by atoms with Gasteiger partial charge in [0.25, 0.3) is 0 Å². The average molecular weight is 351 g/mol. The van der Waals surface area contributed by atoms with Crippen molar-refractivity contribution in [1.82, 2.24) is 15.0 Å². The Morgan fingerprint density at radius 1 is 1.43 bits per heavy atom. The molecule has 1 aliphatic rings. The van der Waals surface area contributed by atoms with E-state index in [9.17, 15) is 0 Å². The van der Waals surface area contributed by atoms with Crippen molar-refractivity contribution in [2.75, 3.05) is 30.3 Å². The van der Waals surface area contributed by atoms with Gasteiger partial charge in [0.2, 0.25) is 0 Å². The van der Waals surface area contributed by atoms with Crippen LogP contribution >= 0.6 is 23.4 Å². The van der Waals surface area contributed by atoms with Crippen LogP contribution in [0.3, 0.4) is 0 Å². The molecule has 8 heteroatoms. The zero-order chi connectivity index (χ0) is 16.4. The van der Waals surface area contributed by atoms with Crippen molar-refractivity contribution in [3.05, 3.63) is 29.2 Å². The summed E-state index contributed by atoms with van der Waals surface area (Å²) in [6, 6.07) is 1.82. The first-order valence-corrected chi connectivity index (χ1v) is 8.64. The van der Waals surface area contributed by atoms with Gasteiger partial charge < -0.3 is 16.4 Å². The van der Waals surface area contributed by atoms with Gasteiger partial charge in [-0.15, -0.1) is 0 Å². The lowest BCUT2D eigenvalue weighted by atomic mass is 10.1. The molecule has 23 heavy (non-hydrogen) atoms. The largest absolute Gasteiger partial charge is 0.382 e. The van der Waals surface area contributed by atoms with E-state index in [2.05, 4.69) is 19.9 Å². The van der Waals surface area contributed by atoms with Crippen LogP contribution in [0, 0.1) is 12.8 Å².